The molecule has 0 fully saturated rings. The molecule has 7 nitrogen and oxygen atoms in total. The molecular weight excluding hydrogens is 226 g/mol. The second-order valence-electron chi connectivity index (χ2n) is 3.27. The molecule has 0 aliphatic heterocycles. The Kier molecular flexibility index (Phi) is 4.50. The Labute approximate surface area is 98.7 Å². The zero-order chi connectivity index (χ0) is 12.8. The third kappa shape index (κ3) is 3.20. The van der Waals surface area contributed by atoms with Crippen molar-refractivity contribution in [2.75, 3.05) is 26.1 Å². The average Bonchev–Trinajstić information content (AvgIpc) is 2.69. The number of anilines is 1. The van der Waals surface area contributed by atoms with Crippen LogP contribution < -0.4 is 5.32 Å². The van der Waals surface area contributed by atoms with Gasteiger partial charge in [-0.2, -0.15) is 5.10 Å². The summed E-state index contributed by atoms with van der Waals surface area (Å²) in [6.45, 7) is 0.363. The smallest absolute Gasteiger partial charge is 0.358 e. The molecule has 0 saturated carbocycles. The second-order valence-corrected chi connectivity index (χ2v) is 3.27. The van der Waals surface area contributed by atoms with Crippen LogP contribution >= 0.6 is 0 Å². The lowest BCUT2D eigenvalue weighted by Crippen LogP contribution is -2.14. The van der Waals surface area contributed by atoms with Crippen molar-refractivity contribution in [2.24, 2.45) is 7.05 Å². The first-order chi connectivity index (χ1) is 8.10. The molecular formula is C10H15N3O4. The number of nitrogens with one attached hydrogen (secondary N) is 1. The molecule has 0 spiro atoms. The van der Waals surface area contributed by atoms with Crippen molar-refractivity contribution in [2.45, 2.75) is 6.42 Å². The lowest BCUT2D eigenvalue weighted by molar-refractivity contribution is -0.140. The second kappa shape index (κ2) is 5.88. The Balaban J connectivity index is 2.65. The van der Waals surface area contributed by atoms with Gasteiger partial charge in [0.1, 0.15) is 0 Å². The lowest BCUT2D eigenvalue weighted by atomic mass is 10.3. The molecule has 0 unspecified atom stereocenters. The Bertz CT molecular complexity index is 414. The first kappa shape index (κ1) is 13.0. The summed E-state index contributed by atoms with van der Waals surface area (Å²) in [4.78, 5) is 22.4. The van der Waals surface area contributed by atoms with Crippen molar-refractivity contribution in [3.8, 4) is 0 Å². The molecule has 7 heteroatoms. The van der Waals surface area contributed by atoms with Crippen LogP contribution in [0.5, 0.6) is 0 Å². The molecule has 1 N–H and O–H groups in total. The third-order valence-corrected chi connectivity index (χ3v) is 2.19. The van der Waals surface area contributed by atoms with Crippen LogP contribution in [0.4, 0.5) is 5.69 Å². The third-order valence-electron chi connectivity index (χ3n) is 2.19. The number of esters is 2. The van der Waals surface area contributed by atoms with Crippen LogP contribution in [0.3, 0.4) is 0 Å². The highest BCUT2D eigenvalue weighted by molar-refractivity contribution is 5.93. The van der Waals surface area contributed by atoms with E-state index in [1.165, 1.54) is 25.1 Å². The lowest BCUT2D eigenvalue weighted by Gasteiger charge is -2.06. The van der Waals surface area contributed by atoms with Gasteiger partial charge < -0.3 is 14.8 Å². The van der Waals surface area contributed by atoms with Crippen LogP contribution in [-0.4, -0.2) is 42.5 Å². The van der Waals surface area contributed by atoms with E-state index < -0.39 is 5.97 Å². The number of rotatable bonds is 5. The highest BCUT2D eigenvalue weighted by Crippen LogP contribution is 2.14. The van der Waals surface area contributed by atoms with Gasteiger partial charge in [-0.1, -0.05) is 0 Å². The fourth-order valence-electron chi connectivity index (χ4n) is 1.31. The zero-order valence-electron chi connectivity index (χ0n) is 10.0. The number of aromatic nitrogens is 2. The summed E-state index contributed by atoms with van der Waals surface area (Å²) >= 11 is 0. The van der Waals surface area contributed by atoms with E-state index in [-0.39, 0.29) is 12.4 Å². The topological polar surface area (TPSA) is 82.5 Å². The number of methoxy groups -OCH3 is 2. The Morgan fingerprint density at radius 2 is 2.12 bits per heavy atom. The summed E-state index contributed by atoms with van der Waals surface area (Å²) in [6.07, 6.45) is 1.72. The summed E-state index contributed by atoms with van der Waals surface area (Å²) in [7, 11) is 4.26. The van der Waals surface area contributed by atoms with E-state index in [0.29, 0.717) is 17.9 Å². The summed E-state index contributed by atoms with van der Waals surface area (Å²) in [5.41, 5.74) is 0.848. The van der Waals surface area contributed by atoms with Crippen molar-refractivity contribution in [1.82, 2.24) is 9.78 Å². The first-order valence-electron chi connectivity index (χ1n) is 5.01. The van der Waals surface area contributed by atoms with Crippen molar-refractivity contribution in [1.29, 1.82) is 0 Å². The number of nitrogens with zero attached hydrogens (tertiary/aromatic N) is 2. The van der Waals surface area contributed by atoms with Crippen molar-refractivity contribution in [3.05, 3.63) is 11.9 Å². The molecule has 0 saturated heterocycles. The normalized spacial score (nSPS) is 9.82. The quantitative estimate of drug-likeness (QED) is 0.740. The van der Waals surface area contributed by atoms with Gasteiger partial charge in [0.05, 0.1) is 32.5 Å². The minimum atomic E-state index is -0.481. The monoisotopic (exact) mass is 241 g/mol. The van der Waals surface area contributed by atoms with Crippen molar-refractivity contribution in [3.63, 3.8) is 0 Å². The van der Waals surface area contributed by atoms with Gasteiger partial charge in [-0.25, -0.2) is 4.79 Å². The largest absolute Gasteiger partial charge is 0.469 e. The van der Waals surface area contributed by atoms with E-state index in [2.05, 4.69) is 19.9 Å². The highest BCUT2D eigenvalue weighted by Gasteiger charge is 2.17. The number of hydrogen-bond donors (Lipinski definition) is 1. The summed E-state index contributed by atoms with van der Waals surface area (Å²) in [5, 5.41) is 6.87. The summed E-state index contributed by atoms with van der Waals surface area (Å²) < 4.78 is 10.5. The fourth-order valence-corrected chi connectivity index (χ4v) is 1.31. The summed E-state index contributed by atoms with van der Waals surface area (Å²) in [5.74, 6) is -0.799. The van der Waals surface area contributed by atoms with E-state index in [1.807, 2.05) is 0 Å². The maximum absolute atomic E-state index is 11.5. The van der Waals surface area contributed by atoms with Gasteiger partial charge in [0.2, 0.25) is 0 Å². The Morgan fingerprint density at radius 3 is 2.71 bits per heavy atom. The van der Waals surface area contributed by atoms with Crippen LogP contribution in [0.25, 0.3) is 0 Å². The van der Waals surface area contributed by atoms with Gasteiger partial charge in [-0.3, -0.25) is 9.48 Å². The number of carbonyl (C=O) groups excluding carboxylic acids is 2. The molecule has 17 heavy (non-hydrogen) atoms. The number of hydrogen-bond acceptors (Lipinski definition) is 6. The Morgan fingerprint density at radius 1 is 1.41 bits per heavy atom. The van der Waals surface area contributed by atoms with E-state index in [1.54, 1.807) is 7.05 Å². The van der Waals surface area contributed by atoms with E-state index in [4.69, 9.17) is 0 Å². The minimum Gasteiger partial charge on any atom is -0.469 e. The van der Waals surface area contributed by atoms with Gasteiger partial charge >= 0.3 is 11.9 Å². The van der Waals surface area contributed by atoms with Gasteiger partial charge in [0, 0.05) is 13.6 Å². The Hall–Kier alpha value is -2.05. The van der Waals surface area contributed by atoms with Crippen molar-refractivity contribution >= 4 is 17.6 Å². The standard InChI is InChI=1S/C10H15N3O4/c1-13-9(10(15)17-3)7(6-12-13)11-5-4-8(14)16-2/h6,11H,4-5H2,1-3H3. The number of aryl methyl sites for hydroxylation is 1. The predicted octanol–water partition coefficient (Wildman–Crippen LogP) is 0.182. The zero-order valence-corrected chi connectivity index (χ0v) is 10.0. The minimum absolute atomic E-state index is 0.214. The van der Waals surface area contributed by atoms with Gasteiger partial charge in [-0.05, 0) is 0 Å². The molecule has 0 aliphatic rings. The van der Waals surface area contributed by atoms with E-state index in [0.717, 1.165) is 0 Å². The molecule has 1 rings (SSSR count). The van der Waals surface area contributed by atoms with Crippen LogP contribution in [0.15, 0.2) is 6.20 Å². The van der Waals surface area contributed by atoms with Crippen LogP contribution in [0, 0.1) is 0 Å². The summed E-state index contributed by atoms with van der Waals surface area (Å²) in [6, 6.07) is 0. The fraction of sp³-hybridized carbons (Fsp3) is 0.500. The van der Waals surface area contributed by atoms with E-state index in [9.17, 15) is 9.59 Å². The van der Waals surface area contributed by atoms with Crippen molar-refractivity contribution < 1.29 is 19.1 Å². The average molecular weight is 241 g/mol. The molecule has 0 bridgehead atoms. The van der Waals surface area contributed by atoms with E-state index >= 15 is 0 Å². The number of carbonyl (C=O) groups is 2. The molecule has 0 atom stereocenters. The first-order valence-corrected chi connectivity index (χ1v) is 5.01. The molecule has 0 aromatic carbocycles. The molecule has 0 amide bonds. The molecule has 1 aromatic heterocycles. The predicted molar refractivity (Wildman–Crippen MR) is 59.7 cm³/mol. The SMILES string of the molecule is COC(=O)CCNc1cnn(C)c1C(=O)OC. The van der Waals surface area contributed by atoms with Gasteiger partial charge in [-0.15, -0.1) is 0 Å². The molecule has 1 aromatic rings. The maximum Gasteiger partial charge on any atom is 0.358 e. The molecule has 0 radical (unpaired) electrons. The molecule has 1 heterocycles. The molecule has 94 valence electrons. The van der Waals surface area contributed by atoms with Crippen LogP contribution in [0.2, 0.25) is 0 Å². The van der Waals surface area contributed by atoms with Gasteiger partial charge in [0.15, 0.2) is 5.69 Å². The van der Waals surface area contributed by atoms with Gasteiger partial charge in [0.25, 0.3) is 0 Å². The van der Waals surface area contributed by atoms with Crippen LogP contribution in [0.1, 0.15) is 16.9 Å². The number of ether oxygens (including phenoxy) is 2. The maximum atomic E-state index is 11.5. The molecule has 0 aliphatic carbocycles. The van der Waals surface area contributed by atoms with Crippen LogP contribution in [-0.2, 0) is 21.3 Å². The highest BCUT2D eigenvalue weighted by atomic mass is 16.5.